The highest BCUT2D eigenvalue weighted by Gasteiger charge is 2.24. The SMILES string of the molecule is CC(C#N)c1cnn(C2CC2)c1. The number of aromatic nitrogens is 2. The molecule has 0 bridgehead atoms. The van der Waals surface area contributed by atoms with Gasteiger partial charge in [-0.1, -0.05) is 0 Å². The Morgan fingerprint density at radius 3 is 3.08 bits per heavy atom. The van der Waals surface area contributed by atoms with Crippen LogP contribution in [0.1, 0.15) is 37.3 Å². The summed E-state index contributed by atoms with van der Waals surface area (Å²) in [7, 11) is 0. The van der Waals surface area contributed by atoms with Gasteiger partial charge in [-0.3, -0.25) is 4.68 Å². The van der Waals surface area contributed by atoms with Crippen molar-refractivity contribution in [1.29, 1.82) is 5.26 Å². The molecular weight excluding hydrogens is 150 g/mol. The van der Waals surface area contributed by atoms with Crippen molar-refractivity contribution in [1.82, 2.24) is 9.78 Å². The molecule has 0 N–H and O–H groups in total. The minimum atomic E-state index is -0.0301. The van der Waals surface area contributed by atoms with Crippen molar-refractivity contribution >= 4 is 0 Å². The summed E-state index contributed by atoms with van der Waals surface area (Å²) in [6.45, 7) is 1.90. The molecular formula is C9H11N3. The lowest BCUT2D eigenvalue weighted by molar-refractivity contribution is 0.640. The Bertz CT molecular complexity index is 317. The number of hydrogen-bond donors (Lipinski definition) is 0. The van der Waals surface area contributed by atoms with E-state index < -0.39 is 0 Å². The van der Waals surface area contributed by atoms with Crippen LogP contribution in [0.2, 0.25) is 0 Å². The molecule has 1 aromatic rings. The van der Waals surface area contributed by atoms with Gasteiger partial charge in [0, 0.05) is 11.8 Å². The van der Waals surface area contributed by atoms with Crippen LogP contribution in [0.4, 0.5) is 0 Å². The lowest BCUT2D eigenvalue weighted by Crippen LogP contribution is -1.92. The third-order valence-corrected chi connectivity index (χ3v) is 2.24. The molecule has 3 nitrogen and oxygen atoms in total. The molecule has 0 spiro atoms. The Kier molecular flexibility index (Phi) is 1.61. The van der Waals surface area contributed by atoms with Crippen LogP contribution in [0.3, 0.4) is 0 Å². The number of hydrogen-bond acceptors (Lipinski definition) is 2. The van der Waals surface area contributed by atoms with E-state index >= 15 is 0 Å². The van der Waals surface area contributed by atoms with Gasteiger partial charge in [-0.25, -0.2) is 0 Å². The molecule has 1 aromatic heterocycles. The van der Waals surface area contributed by atoms with Gasteiger partial charge >= 0.3 is 0 Å². The fraction of sp³-hybridized carbons (Fsp3) is 0.556. The van der Waals surface area contributed by atoms with Gasteiger partial charge in [0.05, 0.1) is 24.2 Å². The van der Waals surface area contributed by atoms with Gasteiger partial charge in [0.25, 0.3) is 0 Å². The van der Waals surface area contributed by atoms with Gasteiger partial charge in [-0.05, 0) is 19.8 Å². The van der Waals surface area contributed by atoms with Gasteiger partial charge < -0.3 is 0 Å². The molecule has 1 atom stereocenters. The largest absolute Gasteiger partial charge is 0.269 e. The summed E-state index contributed by atoms with van der Waals surface area (Å²) in [4.78, 5) is 0. The molecule has 1 saturated carbocycles. The van der Waals surface area contributed by atoms with E-state index in [0.717, 1.165) is 5.56 Å². The second-order valence-corrected chi connectivity index (χ2v) is 3.34. The summed E-state index contributed by atoms with van der Waals surface area (Å²) in [5.41, 5.74) is 1.03. The van der Waals surface area contributed by atoms with Crippen LogP contribution in [-0.2, 0) is 0 Å². The molecule has 1 heterocycles. The van der Waals surface area contributed by atoms with Crippen molar-refractivity contribution in [2.24, 2.45) is 0 Å². The first-order valence-electron chi connectivity index (χ1n) is 4.25. The first kappa shape index (κ1) is 7.35. The van der Waals surface area contributed by atoms with E-state index in [4.69, 9.17) is 5.26 Å². The maximum Gasteiger partial charge on any atom is 0.0715 e. The summed E-state index contributed by atoms with van der Waals surface area (Å²) < 4.78 is 1.98. The lowest BCUT2D eigenvalue weighted by Gasteiger charge is -1.95. The van der Waals surface area contributed by atoms with Crippen molar-refractivity contribution in [3.8, 4) is 6.07 Å². The molecule has 3 heteroatoms. The normalized spacial score (nSPS) is 18.7. The molecule has 1 unspecified atom stereocenters. The maximum atomic E-state index is 8.66. The summed E-state index contributed by atoms with van der Waals surface area (Å²) in [5, 5.41) is 12.9. The Labute approximate surface area is 71.6 Å². The summed E-state index contributed by atoms with van der Waals surface area (Å²) in [6, 6.07) is 2.82. The van der Waals surface area contributed by atoms with Gasteiger partial charge in [0.15, 0.2) is 0 Å². The maximum absolute atomic E-state index is 8.66. The third-order valence-electron chi connectivity index (χ3n) is 2.24. The van der Waals surface area contributed by atoms with E-state index in [1.807, 2.05) is 17.8 Å². The molecule has 62 valence electrons. The monoisotopic (exact) mass is 161 g/mol. The highest BCUT2D eigenvalue weighted by molar-refractivity contribution is 5.17. The van der Waals surface area contributed by atoms with E-state index in [-0.39, 0.29) is 5.92 Å². The quantitative estimate of drug-likeness (QED) is 0.664. The van der Waals surface area contributed by atoms with Gasteiger partial charge in [0.2, 0.25) is 0 Å². The van der Waals surface area contributed by atoms with E-state index in [9.17, 15) is 0 Å². The Hall–Kier alpha value is -1.30. The summed E-state index contributed by atoms with van der Waals surface area (Å²) >= 11 is 0. The molecule has 0 amide bonds. The third kappa shape index (κ3) is 1.20. The molecule has 0 saturated heterocycles. The smallest absolute Gasteiger partial charge is 0.0715 e. The van der Waals surface area contributed by atoms with Gasteiger partial charge in [-0.15, -0.1) is 0 Å². The van der Waals surface area contributed by atoms with Crippen LogP contribution >= 0.6 is 0 Å². The van der Waals surface area contributed by atoms with Crippen molar-refractivity contribution in [3.05, 3.63) is 18.0 Å². The van der Waals surface area contributed by atoms with Crippen molar-refractivity contribution in [2.45, 2.75) is 31.7 Å². The van der Waals surface area contributed by atoms with E-state index in [1.165, 1.54) is 12.8 Å². The second kappa shape index (κ2) is 2.63. The molecule has 2 rings (SSSR count). The minimum Gasteiger partial charge on any atom is -0.269 e. The van der Waals surface area contributed by atoms with Crippen molar-refractivity contribution in [2.75, 3.05) is 0 Å². The zero-order valence-electron chi connectivity index (χ0n) is 7.07. The van der Waals surface area contributed by atoms with E-state index in [2.05, 4.69) is 11.2 Å². The zero-order chi connectivity index (χ0) is 8.55. The highest BCUT2D eigenvalue weighted by Crippen LogP contribution is 2.34. The van der Waals surface area contributed by atoms with Crippen LogP contribution in [0.25, 0.3) is 0 Å². The first-order chi connectivity index (χ1) is 5.81. The van der Waals surface area contributed by atoms with Crippen molar-refractivity contribution in [3.63, 3.8) is 0 Å². The number of nitriles is 1. The van der Waals surface area contributed by atoms with Crippen molar-refractivity contribution < 1.29 is 0 Å². The molecule has 1 aliphatic rings. The van der Waals surface area contributed by atoms with Crippen LogP contribution in [0, 0.1) is 11.3 Å². The number of rotatable bonds is 2. The van der Waals surface area contributed by atoms with Gasteiger partial charge in [0.1, 0.15) is 0 Å². The predicted octanol–water partition coefficient (Wildman–Crippen LogP) is 1.85. The standard InChI is InChI=1S/C9H11N3/c1-7(4-10)8-5-11-12(6-8)9-2-3-9/h5-7,9H,2-3H2,1H3. The molecule has 1 aliphatic carbocycles. The first-order valence-corrected chi connectivity index (χ1v) is 4.25. The highest BCUT2D eigenvalue weighted by atomic mass is 15.3. The molecule has 0 radical (unpaired) electrons. The topological polar surface area (TPSA) is 41.6 Å². The zero-order valence-corrected chi connectivity index (χ0v) is 7.07. The molecule has 12 heavy (non-hydrogen) atoms. The van der Waals surface area contributed by atoms with Crippen LogP contribution < -0.4 is 0 Å². The van der Waals surface area contributed by atoms with Crippen LogP contribution in [0.5, 0.6) is 0 Å². The van der Waals surface area contributed by atoms with Crippen LogP contribution in [0.15, 0.2) is 12.4 Å². The van der Waals surface area contributed by atoms with Crippen LogP contribution in [-0.4, -0.2) is 9.78 Å². The molecule has 0 aliphatic heterocycles. The fourth-order valence-electron chi connectivity index (χ4n) is 1.19. The Morgan fingerprint density at radius 1 is 1.75 bits per heavy atom. The minimum absolute atomic E-state index is 0.0301. The Balaban J connectivity index is 2.18. The average Bonchev–Trinajstić information content (AvgIpc) is 2.83. The van der Waals surface area contributed by atoms with E-state index in [1.54, 1.807) is 6.20 Å². The van der Waals surface area contributed by atoms with E-state index in [0.29, 0.717) is 6.04 Å². The predicted molar refractivity (Wildman–Crippen MR) is 44.5 cm³/mol. The average molecular weight is 161 g/mol. The fourth-order valence-corrected chi connectivity index (χ4v) is 1.19. The Morgan fingerprint density at radius 2 is 2.50 bits per heavy atom. The second-order valence-electron chi connectivity index (χ2n) is 3.34. The number of nitrogens with zero attached hydrogens (tertiary/aromatic N) is 3. The van der Waals surface area contributed by atoms with Gasteiger partial charge in [-0.2, -0.15) is 10.4 Å². The lowest BCUT2D eigenvalue weighted by atomic mass is 10.1. The summed E-state index contributed by atoms with van der Waals surface area (Å²) in [5.74, 6) is -0.0301. The molecule has 1 fully saturated rings. The summed E-state index contributed by atoms with van der Waals surface area (Å²) in [6.07, 6.45) is 6.27. The molecule has 0 aromatic carbocycles.